The van der Waals surface area contributed by atoms with Gasteiger partial charge in [0.25, 0.3) is 0 Å². The Labute approximate surface area is 113 Å². The normalized spacial score (nSPS) is 23.1. The third kappa shape index (κ3) is 3.13. The van der Waals surface area contributed by atoms with E-state index in [2.05, 4.69) is 5.32 Å². The molecular formula is C15H20FNO2. The number of rotatable bonds is 4. The predicted molar refractivity (Wildman–Crippen MR) is 71.3 cm³/mol. The van der Waals surface area contributed by atoms with Gasteiger partial charge in [-0.05, 0) is 44.4 Å². The lowest BCUT2D eigenvalue weighted by molar-refractivity contribution is -0.156. The molecule has 1 aromatic carbocycles. The van der Waals surface area contributed by atoms with Gasteiger partial charge in [-0.3, -0.25) is 4.79 Å². The van der Waals surface area contributed by atoms with E-state index < -0.39 is 5.41 Å². The van der Waals surface area contributed by atoms with Crippen LogP contribution in [0.3, 0.4) is 0 Å². The quantitative estimate of drug-likeness (QED) is 0.849. The van der Waals surface area contributed by atoms with E-state index >= 15 is 0 Å². The molecule has 0 bridgehead atoms. The molecule has 4 heteroatoms. The van der Waals surface area contributed by atoms with Crippen LogP contribution in [-0.4, -0.2) is 25.7 Å². The van der Waals surface area contributed by atoms with Gasteiger partial charge < -0.3 is 10.1 Å². The Balaban J connectivity index is 2.23. The molecule has 0 saturated carbocycles. The van der Waals surface area contributed by atoms with Gasteiger partial charge in [0.1, 0.15) is 5.82 Å². The smallest absolute Gasteiger partial charge is 0.313 e. The molecule has 1 saturated heterocycles. The van der Waals surface area contributed by atoms with Crippen molar-refractivity contribution in [2.45, 2.75) is 26.2 Å². The van der Waals surface area contributed by atoms with Crippen molar-refractivity contribution in [2.24, 2.45) is 5.41 Å². The summed E-state index contributed by atoms with van der Waals surface area (Å²) in [6.45, 7) is 3.61. The van der Waals surface area contributed by atoms with Crippen LogP contribution in [0.25, 0.3) is 0 Å². The van der Waals surface area contributed by atoms with E-state index in [-0.39, 0.29) is 11.8 Å². The van der Waals surface area contributed by atoms with Crippen LogP contribution < -0.4 is 5.32 Å². The number of carbonyl (C=O) groups excluding carboxylic acids is 1. The van der Waals surface area contributed by atoms with Gasteiger partial charge in [-0.1, -0.05) is 18.2 Å². The van der Waals surface area contributed by atoms with Crippen LogP contribution in [0.1, 0.15) is 25.3 Å². The third-order valence-electron chi connectivity index (χ3n) is 3.67. The van der Waals surface area contributed by atoms with E-state index in [1.54, 1.807) is 25.1 Å². The van der Waals surface area contributed by atoms with Crippen molar-refractivity contribution in [3.63, 3.8) is 0 Å². The number of benzene rings is 1. The van der Waals surface area contributed by atoms with E-state index in [0.717, 1.165) is 19.4 Å². The summed E-state index contributed by atoms with van der Waals surface area (Å²) < 4.78 is 19.0. The molecule has 0 spiro atoms. The zero-order valence-electron chi connectivity index (χ0n) is 11.2. The summed E-state index contributed by atoms with van der Waals surface area (Å²) >= 11 is 0. The summed E-state index contributed by atoms with van der Waals surface area (Å²) in [6.07, 6.45) is 2.05. The average molecular weight is 265 g/mol. The minimum Gasteiger partial charge on any atom is -0.466 e. The minimum atomic E-state index is -0.629. The fourth-order valence-corrected chi connectivity index (χ4v) is 2.66. The Hall–Kier alpha value is -1.42. The van der Waals surface area contributed by atoms with Crippen LogP contribution in [-0.2, 0) is 16.0 Å². The molecule has 0 amide bonds. The molecule has 1 fully saturated rings. The summed E-state index contributed by atoms with van der Waals surface area (Å²) in [5.74, 6) is -0.470. The van der Waals surface area contributed by atoms with E-state index in [1.807, 2.05) is 0 Å². The first kappa shape index (κ1) is 14.0. The fourth-order valence-electron chi connectivity index (χ4n) is 2.66. The second-order valence-electron chi connectivity index (χ2n) is 5.05. The van der Waals surface area contributed by atoms with Gasteiger partial charge in [0, 0.05) is 6.54 Å². The molecule has 2 rings (SSSR count). The van der Waals surface area contributed by atoms with Crippen molar-refractivity contribution in [1.82, 2.24) is 5.32 Å². The number of nitrogens with one attached hydrogen (secondary N) is 1. The summed E-state index contributed by atoms with van der Waals surface area (Å²) in [6, 6.07) is 6.64. The first-order chi connectivity index (χ1) is 9.18. The van der Waals surface area contributed by atoms with Crippen molar-refractivity contribution in [3.05, 3.63) is 35.6 Å². The van der Waals surface area contributed by atoms with Gasteiger partial charge in [-0.2, -0.15) is 0 Å². The number of ether oxygens (including phenoxy) is 1. The molecule has 0 aliphatic carbocycles. The Morgan fingerprint density at radius 1 is 1.47 bits per heavy atom. The summed E-state index contributed by atoms with van der Waals surface area (Å²) in [7, 11) is 0. The molecule has 104 valence electrons. The summed E-state index contributed by atoms with van der Waals surface area (Å²) in [5, 5.41) is 3.23. The van der Waals surface area contributed by atoms with Crippen molar-refractivity contribution in [2.75, 3.05) is 19.7 Å². The number of hydrogen-bond acceptors (Lipinski definition) is 3. The summed E-state index contributed by atoms with van der Waals surface area (Å²) in [5.41, 5.74) is -0.0459. The second-order valence-corrected chi connectivity index (χ2v) is 5.05. The first-order valence-corrected chi connectivity index (χ1v) is 6.79. The lowest BCUT2D eigenvalue weighted by atomic mass is 9.75. The standard InChI is InChI=1S/C15H20FNO2/c1-2-19-14(18)15(8-5-9-17-11-15)10-12-6-3-4-7-13(12)16/h3-4,6-7,17H,2,5,8-11H2,1H3. The highest BCUT2D eigenvalue weighted by Crippen LogP contribution is 2.33. The van der Waals surface area contributed by atoms with Crippen LogP contribution in [0.5, 0.6) is 0 Å². The Kier molecular flexibility index (Phi) is 4.53. The molecule has 19 heavy (non-hydrogen) atoms. The number of esters is 1. The van der Waals surface area contributed by atoms with Crippen LogP contribution in [0.4, 0.5) is 4.39 Å². The lowest BCUT2D eigenvalue weighted by Gasteiger charge is -2.35. The van der Waals surface area contributed by atoms with Gasteiger partial charge in [0.05, 0.1) is 12.0 Å². The molecule has 1 aliphatic heterocycles. The van der Waals surface area contributed by atoms with E-state index in [0.29, 0.717) is 25.1 Å². The number of halogens is 1. The Bertz CT molecular complexity index is 442. The maximum atomic E-state index is 13.8. The van der Waals surface area contributed by atoms with Crippen LogP contribution in [0.2, 0.25) is 0 Å². The van der Waals surface area contributed by atoms with Crippen molar-refractivity contribution in [3.8, 4) is 0 Å². The zero-order valence-corrected chi connectivity index (χ0v) is 11.2. The highest BCUT2D eigenvalue weighted by atomic mass is 19.1. The van der Waals surface area contributed by atoms with Gasteiger partial charge in [0.2, 0.25) is 0 Å². The van der Waals surface area contributed by atoms with Gasteiger partial charge >= 0.3 is 5.97 Å². The molecule has 1 aliphatic rings. The Morgan fingerprint density at radius 2 is 2.26 bits per heavy atom. The van der Waals surface area contributed by atoms with Gasteiger partial charge in [-0.15, -0.1) is 0 Å². The molecule has 1 unspecified atom stereocenters. The van der Waals surface area contributed by atoms with Crippen molar-refractivity contribution < 1.29 is 13.9 Å². The molecular weight excluding hydrogens is 245 g/mol. The molecule has 1 heterocycles. The molecule has 0 aromatic heterocycles. The molecule has 1 aromatic rings. The Morgan fingerprint density at radius 3 is 2.89 bits per heavy atom. The van der Waals surface area contributed by atoms with E-state index in [9.17, 15) is 9.18 Å². The number of carbonyl (C=O) groups is 1. The first-order valence-electron chi connectivity index (χ1n) is 6.79. The largest absolute Gasteiger partial charge is 0.466 e. The fraction of sp³-hybridized carbons (Fsp3) is 0.533. The highest BCUT2D eigenvalue weighted by Gasteiger charge is 2.41. The average Bonchev–Trinajstić information content (AvgIpc) is 2.43. The van der Waals surface area contributed by atoms with Crippen molar-refractivity contribution in [1.29, 1.82) is 0 Å². The molecule has 1 atom stereocenters. The topological polar surface area (TPSA) is 38.3 Å². The van der Waals surface area contributed by atoms with E-state index in [1.165, 1.54) is 6.07 Å². The zero-order chi connectivity index (χ0) is 13.7. The second kappa shape index (κ2) is 6.15. The lowest BCUT2D eigenvalue weighted by Crippen LogP contribution is -2.48. The number of hydrogen-bond donors (Lipinski definition) is 1. The maximum Gasteiger partial charge on any atom is 0.313 e. The molecule has 0 radical (unpaired) electrons. The van der Waals surface area contributed by atoms with Crippen LogP contribution >= 0.6 is 0 Å². The summed E-state index contributed by atoms with van der Waals surface area (Å²) in [4.78, 5) is 12.3. The van der Waals surface area contributed by atoms with Crippen molar-refractivity contribution >= 4 is 5.97 Å². The highest BCUT2D eigenvalue weighted by molar-refractivity contribution is 5.77. The van der Waals surface area contributed by atoms with E-state index in [4.69, 9.17) is 4.74 Å². The molecule has 3 nitrogen and oxygen atoms in total. The van der Waals surface area contributed by atoms with Gasteiger partial charge in [0.15, 0.2) is 0 Å². The minimum absolute atomic E-state index is 0.217. The number of piperidine rings is 1. The third-order valence-corrected chi connectivity index (χ3v) is 3.67. The predicted octanol–water partition coefficient (Wildman–Crippen LogP) is 2.30. The maximum absolute atomic E-state index is 13.8. The monoisotopic (exact) mass is 265 g/mol. The van der Waals surface area contributed by atoms with Gasteiger partial charge in [-0.25, -0.2) is 4.39 Å². The SMILES string of the molecule is CCOC(=O)C1(Cc2ccccc2F)CCCNC1. The molecule has 1 N–H and O–H groups in total. The van der Waals surface area contributed by atoms with Crippen LogP contribution in [0.15, 0.2) is 24.3 Å². The van der Waals surface area contributed by atoms with Crippen LogP contribution in [0, 0.1) is 11.2 Å².